The average Bonchev–Trinajstić information content (AvgIpc) is 3.28. The van der Waals surface area contributed by atoms with Gasteiger partial charge in [-0.2, -0.15) is 0 Å². The standard InChI is InChI=1S/C31H35F2N3O2S/c1-5-9-22-10-8-11-24(28(22)38-6-2)20-36-27-17-14-23(18-26(27)35-30(36)31(4,32)33)29(37)34-19-21-12-15-25(16-13-21)39-7-3/h6,8,10-18,30,35H,2,5,7,9,19-20H2,1,3-4H3,(H,34,37). The predicted molar refractivity (Wildman–Crippen MR) is 156 cm³/mol. The van der Waals surface area contributed by atoms with Crippen molar-refractivity contribution in [3.63, 3.8) is 0 Å². The summed E-state index contributed by atoms with van der Waals surface area (Å²) in [6.07, 6.45) is 1.81. The molecule has 0 radical (unpaired) electrons. The highest BCUT2D eigenvalue weighted by Gasteiger charge is 2.44. The Hall–Kier alpha value is -3.52. The van der Waals surface area contributed by atoms with E-state index in [-0.39, 0.29) is 12.5 Å². The number of carbonyl (C=O) groups excluding carboxylic acids is 1. The molecule has 2 N–H and O–H groups in total. The van der Waals surface area contributed by atoms with E-state index in [0.717, 1.165) is 42.2 Å². The summed E-state index contributed by atoms with van der Waals surface area (Å²) in [4.78, 5) is 15.7. The molecular formula is C31H35F2N3O2S. The number of benzene rings is 3. The highest BCUT2D eigenvalue weighted by Crippen LogP contribution is 2.42. The maximum absolute atomic E-state index is 14.8. The molecule has 0 bridgehead atoms. The van der Waals surface area contributed by atoms with Crippen LogP contribution in [-0.4, -0.2) is 23.7 Å². The minimum absolute atomic E-state index is 0.201. The first-order chi connectivity index (χ1) is 18.7. The molecule has 0 aromatic heterocycles. The molecule has 1 atom stereocenters. The summed E-state index contributed by atoms with van der Waals surface area (Å²) >= 11 is 1.76. The van der Waals surface area contributed by atoms with Crippen LogP contribution in [-0.2, 0) is 19.5 Å². The minimum atomic E-state index is -3.05. The number of rotatable bonds is 12. The number of hydrogen-bond acceptors (Lipinski definition) is 5. The molecule has 5 nitrogen and oxygen atoms in total. The van der Waals surface area contributed by atoms with E-state index in [1.807, 2.05) is 42.5 Å². The number of para-hydroxylation sites is 1. The summed E-state index contributed by atoms with van der Waals surface area (Å²) in [7, 11) is 0. The fourth-order valence-corrected chi connectivity index (χ4v) is 5.45. The topological polar surface area (TPSA) is 53.6 Å². The number of ether oxygens (including phenoxy) is 1. The zero-order valence-electron chi connectivity index (χ0n) is 22.6. The van der Waals surface area contributed by atoms with Gasteiger partial charge in [0.25, 0.3) is 11.8 Å². The number of thioether (sulfide) groups is 1. The Kier molecular flexibility index (Phi) is 9.17. The van der Waals surface area contributed by atoms with Crippen LogP contribution in [0.15, 0.2) is 78.4 Å². The van der Waals surface area contributed by atoms with Gasteiger partial charge in [-0.15, -0.1) is 11.8 Å². The zero-order valence-corrected chi connectivity index (χ0v) is 23.4. The molecule has 8 heteroatoms. The highest BCUT2D eigenvalue weighted by molar-refractivity contribution is 7.99. The molecule has 1 aliphatic heterocycles. The fraction of sp³-hybridized carbons (Fsp3) is 0.323. The molecule has 0 spiro atoms. The molecule has 1 aliphatic rings. The number of amides is 1. The number of hydrogen-bond donors (Lipinski definition) is 2. The van der Waals surface area contributed by atoms with E-state index < -0.39 is 12.1 Å². The van der Waals surface area contributed by atoms with Crippen LogP contribution in [0.25, 0.3) is 0 Å². The first kappa shape index (κ1) is 28.5. The van der Waals surface area contributed by atoms with Gasteiger partial charge in [-0.25, -0.2) is 8.78 Å². The first-order valence-electron chi connectivity index (χ1n) is 13.2. The van der Waals surface area contributed by atoms with Gasteiger partial charge in [0.15, 0.2) is 6.17 Å². The van der Waals surface area contributed by atoms with Gasteiger partial charge >= 0.3 is 0 Å². The molecule has 3 aromatic carbocycles. The highest BCUT2D eigenvalue weighted by atomic mass is 32.2. The van der Waals surface area contributed by atoms with Crippen molar-refractivity contribution in [1.82, 2.24) is 5.32 Å². The number of nitrogens with one attached hydrogen (secondary N) is 2. The Morgan fingerprint density at radius 1 is 1.15 bits per heavy atom. The van der Waals surface area contributed by atoms with Gasteiger partial charge in [0.05, 0.1) is 17.6 Å². The molecule has 4 rings (SSSR count). The number of nitrogens with zero attached hydrogens (tertiary/aromatic N) is 1. The van der Waals surface area contributed by atoms with Crippen molar-refractivity contribution in [3.05, 3.63) is 95.8 Å². The number of anilines is 2. The molecule has 39 heavy (non-hydrogen) atoms. The summed E-state index contributed by atoms with van der Waals surface area (Å²) in [6.45, 7) is 9.34. The lowest BCUT2D eigenvalue weighted by molar-refractivity contribution is 0.00197. The second-order valence-corrected chi connectivity index (χ2v) is 10.9. The summed E-state index contributed by atoms with van der Waals surface area (Å²) in [5.41, 5.74) is 4.28. The number of alkyl halides is 2. The van der Waals surface area contributed by atoms with E-state index in [9.17, 15) is 13.6 Å². The summed E-state index contributed by atoms with van der Waals surface area (Å²) in [6, 6.07) is 18.9. The zero-order chi connectivity index (χ0) is 28.0. The summed E-state index contributed by atoms with van der Waals surface area (Å²) in [5.74, 6) is -1.67. The van der Waals surface area contributed by atoms with Crippen molar-refractivity contribution >= 4 is 29.0 Å². The third kappa shape index (κ3) is 6.74. The SMILES string of the molecule is C=COc1c(CCC)cccc1CN1c2ccc(C(=O)NCc3ccc(SCC)cc3)cc2NC1C(C)(F)F. The Bertz CT molecular complexity index is 1310. The van der Waals surface area contributed by atoms with Crippen LogP contribution >= 0.6 is 11.8 Å². The van der Waals surface area contributed by atoms with Gasteiger partial charge in [-0.05, 0) is 53.6 Å². The van der Waals surface area contributed by atoms with Gasteiger partial charge in [-0.1, -0.05) is 57.2 Å². The molecule has 1 unspecified atom stereocenters. The lowest BCUT2D eigenvalue weighted by Gasteiger charge is -2.31. The van der Waals surface area contributed by atoms with Crippen LogP contribution < -0.4 is 20.3 Å². The van der Waals surface area contributed by atoms with E-state index in [0.29, 0.717) is 29.2 Å². The molecule has 0 saturated carbocycles. The normalized spacial score (nSPS) is 14.5. The van der Waals surface area contributed by atoms with Gasteiger partial charge < -0.3 is 20.3 Å². The average molecular weight is 552 g/mol. The van der Waals surface area contributed by atoms with E-state index >= 15 is 0 Å². The van der Waals surface area contributed by atoms with Crippen molar-refractivity contribution in [1.29, 1.82) is 0 Å². The van der Waals surface area contributed by atoms with Gasteiger partial charge in [-0.3, -0.25) is 4.79 Å². The fourth-order valence-electron chi connectivity index (χ4n) is 4.79. The largest absolute Gasteiger partial charge is 0.465 e. The van der Waals surface area contributed by atoms with E-state index in [2.05, 4.69) is 31.1 Å². The Balaban J connectivity index is 1.55. The van der Waals surface area contributed by atoms with Crippen molar-refractivity contribution in [2.24, 2.45) is 0 Å². The van der Waals surface area contributed by atoms with Crippen LogP contribution in [0.4, 0.5) is 20.2 Å². The van der Waals surface area contributed by atoms with E-state index in [4.69, 9.17) is 4.74 Å². The maximum atomic E-state index is 14.8. The maximum Gasteiger partial charge on any atom is 0.283 e. The Labute approximate surface area is 233 Å². The second-order valence-electron chi connectivity index (χ2n) is 9.56. The third-order valence-electron chi connectivity index (χ3n) is 6.58. The second kappa shape index (κ2) is 12.6. The van der Waals surface area contributed by atoms with Gasteiger partial charge in [0, 0.05) is 36.0 Å². The van der Waals surface area contributed by atoms with Gasteiger partial charge in [0.2, 0.25) is 0 Å². The minimum Gasteiger partial charge on any atom is -0.465 e. The van der Waals surface area contributed by atoms with Crippen molar-refractivity contribution in [2.75, 3.05) is 16.0 Å². The van der Waals surface area contributed by atoms with Crippen molar-refractivity contribution in [3.8, 4) is 5.75 Å². The van der Waals surface area contributed by atoms with Crippen molar-refractivity contribution < 1.29 is 18.3 Å². The number of aryl methyl sites for hydroxylation is 1. The molecule has 0 fully saturated rings. The number of fused-ring (bicyclic) bond motifs is 1. The molecule has 0 aliphatic carbocycles. The molecule has 3 aromatic rings. The van der Waals surface area contributed by atoms with Crippen LogP contribution in [0.2, 0.25) is 0 Å². The number of halogens is 2. The van der Waals surface area contributed by atoms with Gasteiger partial charge in [0.1, 0.15) is 5.75 Å². The lowest BCUT2D eigenvalue weighted by atomic mass is 10.0. The monoisotopic (exact) mass is 551 g/mol. The Morgan fingerprint density at radius 2 is 1.90 bits per heavy atom. The van der Waals surface area contributed by atoms with E-state index in [1.54, 1.807) is 34.9 Å². The summed E-state index contributed by atoms with van der Waals surface area (Å²) in [5, 5.41) is 5.88. The van der Waals surface area contributed by atoms with Crippen LogP contribution in [0.3, 0.4) is 0 Å². The number of carbonyl (C=O) groups is 1. The van der Waals surface area contributed by atoms with Crippen molar-refractivity contribution in [2.45, 2.75) is 63.7 Å². The molecular weight excluding hydrogens is 516 g/mol. The lowest BCUT2D eigenvalue weighted by Crippen LogP contribution is -2.47. The first-order valence-corrected chi connectivity index (χ1v) is 14.2. The molecule has 1 amide bonds. The third-order valence-corrected chi connectivity index (χ3v) is 7.47. The quantitative estimate of drug-likeness (QED) is 0.179. The van der Waals surface area contributed by atoms with E-state index in [1.165, 1.54) is 11.2 Å². The molecule has 206 valence electrons. The Morgan fingerprint density at radius 3 is 2.56 bits per heavy atom. The summed E-state index contributed by atoms with van der Waals surface area (Å²) < 4.78 is 35.4. The van der Waals surface area contributed by atoms with Crippen LogP contribution in [0.1, 0.15) is 54.2 Å². The smallest absolute Gasteiger partial charge is 0.283 e. The van der Waals surface area contributed by atoms with Crippen LogP contribution in [0.5, 0.6) is 5.75 Å². The molecule has 0 saturated heterocycles. The predicted octanol–water partition coefficient (Wildman–Crippen LogP) is 7.62. The molecule has 1 heterocycles. The van der Waals surface area contributed by atoms with Crippen LogP contribution in [0, 0.1) is 0 Å².